The fourth-order valence-electron chi connectivity index (χ4n) is 3.39. The number of imidazole rings is 1. The number of nitrogens with zero attached hydrogens (tertiary/aromatic N) is 2. The predicted molar refractivity (Wildman–Crippen MR) is 91.6 cm³/mol. The quantitative estimate of drug-likeness (QED) is 0.445. The molecule has 0 spiro atoms. The molecule has 0 amide bonds. The second kappa shape index (κ2) is 6.27. The molecule has 3 rings (SSSR count). The normalized spacial score (nSPS) is 11.8. The lowest BCUT2D eigenvalue weighted by atomic mass is 10.1. The number of hydrogen-bond acceptors (Lipinski definition) is 0. The standard InChI is InChI=1S/C20H19F4N2/c1-12-8-5-6-11-15(12)19-25(4)17(20(22,23)24)18(21)26(19)16-13(2)9-7-10-14(16)3/h5-11H,1-4H3/q+1. The van der Waals surface area contributed by atoms with Crippen LogP contribution in [0.1, 0.15) is 22.4 Å². The van der Waals surface area contributed by atoms with Crippen LogP contribution >= 0.6 is 0 Å². The summed E-state index contributed by atoms with van der Waals surface area (Å²) in [5.41, 5.74) is 1.84. The van der Waals surface area contributed by atoms with Gasteiger partial charge in [0.15, 0.2) is 0 Å². The lowest BCUT2D eigenvalue weighted by Gasteiger charge is -2.10. The van der Waals surface area contributed by atoms with Crippen molar-refractivity contribution >= 4 is 0 Å². The minimum absolute atomic E-state index is 0.158. The number of hydrogen-bond donors (Lipinski definition) is 0. The third-order valence-electron chi connectivity index (χ3n) is 4.57. The highest BCUT2D eigenvalue weighted by atomic mass is 19.4. The first kappa shape index (κ1) is 18.2. The zero-order valence-electron chi connectivity index (χ0n) is 14.9. The van der Waals surface area contributed by atoms with Gasteiger partial charge in [0.05, 0.1) is 12.6 Å². The van der Waals surface area contributed by atoms with Gasteiger partial charge in [-0.3, -0.25) is 0 Å². The molecule has 0 bridgehead atoms. The number of para-hydroxylation sites is 1. The van der Waals surface area contributed by atoms with E-state index in [-0.39, 0.29) is 5.82 Å². The van der Waals surface area contributed by atoms with E-state index in [0.717, 1.165) is 14.7 Å². The monoisotopic (exact) mass is 363 g/mol. The summed E-state index contributed by atoms with van der Waals surface area (Å²) < 4.78 is 57.8. The molecule has 26 heavy (non-hydrogen) atoms. The molecule has 0 aliphatic rings. The Kier molecular flexibility index (Phi) is 4.38. The fraction of sp³-hybridized carbons (Fsp3) is 0.250. The molecule has 0 saturated carbocycles. The van der Waals surface area contributed by atoms with Crippen LogP contribution in [-0.2, 0) is 13.2 Å². The molecule has 1 aromatic heterocycles. The summed E-state index contributed by atoms with van der Waals surface area (Å²) in [5.74, 6) is -1.15. The topological polar surface area (TPSA) is 8.81 Å². The van der Waals surface area contributed by atoms with Crippen LogP contribution in [-0.4, -0.2) is 4.57 Å². The maximum atomic E-state index is 15.1. The summed E-state index contributed by atoms with van der Waals surface area (Å²) in [7, 11) is 1.25. The van der Waals surface area contributed by atoms with E-state index in [4.69, 9.17) is 0 Å². The second-order valence-corrected chi connectivity index (χ2v) is 6.41. The van der Waals surface area contributed by atoms with E-state index in [9.17, 15) is 13.2 Å². The van der Waals surface area contributed by atoms with Gasteiger partial charge >= 0.3 is 12.1 Å². The minimum atomic E-state index is -4.81. The van der Waals surface area contributed by atoms with Crippen molar-refractivity contribution < 1.29 is 22.1 Å². The first-order chi connectivity index (χ1) is 12.1. The Morgan fingerprint density at radius 2 is 1.38 bits per heavy atom. The number of halogens is 4. The van der Waals surface area contributed by atoms with Gasteiger partial charge in [-0.2, -0.15) is 22.1 Å². The first-order valence-electron chi connectivity index (χ1n) is 8.14. The lowest BCUT2D eigenvalue weighted by Crippen LogP contribution is -2.38. The summed E-state index contributed by atoms with van der Waals surface area (Å²) >= 11 is 0. The highest BCUT2D eigenvalue weighted by Crippen LogP contribution is 2.35. The molecule has 0 radical (unpaired) electrons. The van der Waals surface area contributed by atoms with Crippen molar-refractivity contribution in [2.24, 2.45) is 7.05 Å². The van der Waals surface area contributed by atoms with Gasteiger partial charge in [0.1, 0.15) is 5.69 Å². The minimum Gasteiger partial charge on any atom is -0.219 e. The molecule has 6 heteroatoms. The van der Waals surface area contributed by atoms with E-state index in [1.54, 1.807) is 63.2 Å². The second-order valence-electron chi connectivity index (χ2n) is 6.41. The van der Waals surface area contributed by atoms with Crippen LogP contribution in [0.3, 0.4) is 0 Å². The molecule has 136 valence electrons. The number of alkyl halides is 3. The molecule has 3 aromatic rings. The van der Waals surface area contributed by atoms with Crippen molar-refractivity contribution in [1.82, 2.24) is 4.57 Å². The van der Waals surface area contributed by atoms with Crippen molar-refractivity contribution in [3.05, 3.63) is 70.8 Å². The third kappa shape index (κ3) is 2.79. The molecule has 0 fully saturated rings. The van der Waals surface area contributed by atoms with Crippen molar-refractivity contribution in [2.75, 3.05) is 0 Å². The third-order valence-corrected chi connectivity index (χ3v) is 4.57. The smallest absolute Gasteiger partial charge is 0.219 e. The van der Waals surface area contributed by atoms with Crippen molar-refractivity contribution in [3.63, 3.8) is 0 Å². The lowest BCUT2D eigenvalue weighted by molar-refractivity contribution is -0.616. The predicted octanol–water partition coefficient (Wildman–Crippen LogP) is 5.05. The van der Waals surface area contributed by atoms with Gasteiger partial charge in [-0.15, -0.1) is 0 Å². The highest BCUT2D eigenvalue weighted by Gasteiger charge is 2.48. The van der Waals surface area contributed by atoms with Gasteiger partial charge in [-0.25, -0.2) is 4.57 Å². The summed E-state index contributed by atoms with van der Waals surface area (Å²) in [4.78, 5) is 0. The zero-order chi connectivity index (χ0) is 19.2. The molecule has 0 N–H and O–H groups in total. The molecule has 1 heterocycles. The molecule has 2 aromatic carbocycles. The Labute approximate surface area is 149 Å². The van der Waals surface area contributed by atoms with Crippen LogP contribution in [0.25, 0.3) is 17.1 Å². The van der Waals surface area contributed by atoms with E-state index in [0.29, 0.717) is 22.4 Å². The molecule has 0 saturated heterocycles. The number of rotatable bonds is 2. The van der Waals surface area contributed by atoms with E-state index in [1.807, 2.05) is 0 Å². The highest BCUT2D eigenvalue weighted by molar-refractivity contribution is 5.59. The van der Waals surface area contributed by atoms with Gasteiger partial charge < -0.3 is 0 Å². The van der Waals surface area contributed by atoms with Crippen molar-refractivity contribution in [2.45, 2.75) is 26.9 Å². The summed E-state index contributed by atoms with van der Waals surface area (Å²) in [6, 6.07) is 12.3. The maximum Gasteiger partial charge on any atom is 0.460 e. The van der Waals surface area contributed by atoms with Gasteiger partial charge in [-0.1, -0.05) is 36.4 Å². The van der Waals surface area contributed by atoms with Gasteiger partial charge in [0, 0.05) is 0 Å². The van der Waals surface area contributed by atoms with Crippen molar-refractivity contribution in [3.8, 4) is 17.1 Å². The largest absolute Gasteiger partial charge is 0.460 e. The van der Waals surface area contributed by atoms with E-state index in [2.05, 4.69) is 0 Å². The molecule has 0 aliphatic carbocycles. The summed E-state index contributed by atoms with van der Waals surface area (Å²) in [6.45, 7) is 5.32. The average molecular weight is 363 g/mol. The van der Waals surface area contributed by atoms with Crippen LogP contribution < -0.4 is 4.57 Å². The molecule has 2 nitrogen and oxygen atoms in total. The molecular formula is C20H19F4N2+. The Balaban J connectivity index is 2.50. The Bertz CT molecular complexity index is 964. The van der Waals surface area contributed by atoms with Crippen LogP contribution in [0.2, 0.25) is 0 Å². The van der Waals surface area contributed by atoms with E-state index < -0.39 is 17.8 Å². The summed E-state index contributed by atoms with van der Waals surface area (Å²) in [6.07, 6.45) is -4.81. The van der Waals surface area contributed by atoms with Crippen LogP contribution in [0, 0.1) is 26.7 Å². The van der Waals surface area contributed by atoms with E-state index in [1.165, 1.54) is 7.05 Å². The first-order valence-corrected chi connectivity index (χ1v) is 8.14. The Morgan fingerprint density at radius 1 is 0.846 bits per heavy atom. The molecule has 0 unspecified atom stereocenters. The van der Waals surface area contributed by atoms with Crippen LogP contribution in [0.15, 0.2) is 42.5 Å². The SMILES string of the molecule is Cc1ccccc1-c1n(C)c(C(F)(F)F)c(F)[n+]1-c1c(C)cccc1C. The van der Waals surface area contributed by atoms with Gasteiger partial charge in [0.2, 0.25) is 0 Å². The molecular weight excluding hydrogens is 344 g/mol. The molecule has 0 atom stereocenters. The summed E-state index contributed by atoms with van der Waals surface area (Å²) in [5, 5.41) is 0. The van der Waals surface area contributed by atoms with Crippen molar-refractivity contribution in [1.29, 1.82) is 0 Å². The van der Waals surface area contributed by atoms with E-state index >= 15 is 4.39 Å². The Hall–Kier alpha value is -2.63. The number of benzene rings is 2. The van der Waals surface area contributed by atoms with Gasteiger partial charge in [-0.05, 0) is 43.5 Å². The average Bonchev–Trinajstić information content (AvgIpc) is 2.79. The Morgan fingerprint density at radius 3 is 1.92 bits per heavy atom. The number of aromatic nitrogens is 2. The van der Waals surface area contributed by atoms with Crippen LogP contribution in [0.4, 0.5) is 17.6 Å². The van der Waals surface area contributed by atoms with Crippen LogP contribution in [0.5, 0.6) is 0 Å². The number of aryl methyl sites for hydroxylation is 3. The zero-order valence-corrected chi connectivity index (χ0v) is 14.9. The van der Waals surface area contributed by atoms with Gasteiger partial charge in [0.25, 0.3) is 11.5 Å². The maximum absolute atomic E-state index is 15.1. The molecule has 0 aliphatic heterocycles. The fourth-order valence-corrected chi connectivity index (χ4v) is 3.39.